The fourth-order valence-corrected chi connectivity index (χ4v) is 4.92. The van der Waals surface area contributed by atoms with E-state index in [-0.39, 0.29) is 24.0 Å². The van der Waals surface area contributed by atoms with Crippen molar-refractivity contribution in [2.45, 2.75) is 45.6 Å². The molecule has 0 aliphatic carbocycles. The Bertz CT molecular complexity index is 1280. The molecule has 1 aliphatic rings. The average Bonchev–Trinajstić information content (AvgIpc) is 3.20. The quantitative estimate of drug-likeness (QED) is 0.605. The van der Waals surface area contributed by atoms with E-state index in [2.05, 4.69) is 14.9 Å². The molecular formula is C22H24N4O5S. The number of nitrogens with zero attached hydrogens (tertiary/aromatic N) is 3. The van der Waals surface area contributed by atoms with Crippen LogP contribution in [-0.4, -0.2) is 31.1 Å². The SMILES string of the molecule is CCc1nc(CN2C(=O)COc3ccc(S(=O)(=O)Nc4c(C)cc(C)cc4C)cc32)no1. The normalized spacial score (nSPS) is 13.6. The Balaban J connectivity index is 1.68. The molecule has 10 heteroatoms. The van der Waals surface area contributed by atoms with Gasteiger partial charge in [0.05, 0.1) is 22.8 Å². The number of anilines is 2. The number of ether oxygens (including phenoxy) is 1. The van der Waals surface area contributed by atoms with E-state index in [0.29, 0.717) is 35.3 Å². The Labute approximate surface area is 186 Å². The molecule has 0 radical (unpaired) electrons. The zero-order valence-corrected chi connectivity index (χ0v) is 19.1. The van der Waals surface area contributed by atoms with Crippen molar-refractivity contribution in [1.29, 1.82) is 0 Å². The van der Waals surface area contributed by atoms with Crippen molar-refractivity contribution in [2.75, 3.05) is 16.2 Å². The molecule has 1 aliphatic heterocycles. The molecule has 168 valence electrons. The van der Waals surface area contributed by atoms with Gasteiger partial charge < -0.3 is 9.26 Å². The van der Waals surface area contributed by atoms with Crippen LogP contribution in [0.3, 0.4) is 0 Å². The molecule has 0 fully saturated rings. The molecule has 1 amide bonds. The highest BCUT2D eigenvalue weighted by Crippen LogP contribution is 2.36. The molecule has 2 heterocycles. The number of amides is 1. The average molecular weight is 457 g/mol. The van der Waals surface area contributed by atoms with Gasteiger partial charge in [-0.2, -0.15) is 4.98 Å². The van der Waals surface area contributed by atoms with Gasteiger partial charge in [-0.25, -0.2) is 8.42 Å². The maximum absolute atomic E-state index is 13.2. The molecule has 0 saturated heterocycles. The number of rotatable bonds is 6. The lowest BCUT2D eigenvalue weighted by molar-refractivity contribution is -0.121. The molecular weight excluding hydrogens is 432 g/mol. The number of sulfonamides is 1. The third-order valence-corrected chi connectivity index (χ3v) is 6.56. The molecule has 0 unspecified atom stereocenters. The van der Waals surface area contributed by atoms with E-state index in [1.807, 2.05) is 39.8 Å². The first-order chi connectivity index (χ1) is 15.2. The first-order valence-corrected chi connectivity index (χ1v) is 11.7. The number of benzene rings is 2. The second-order valence-electron chi connectivity index (χ2n) is 7.74. The van der Waals surface area contributed by atoms with E-state index < -0.39 is 10.0 Å². The zero-order chi connectivity index (χ0) is 23.0. The van der Waals surface area contributed by atoms with Crippen LogP contribution < -0.4 is 14.4 Å². The number of aromatic nitrogens is 2. The van der Waals surface area contributed by atoms with Crippen LogP contribution in [0.15, 0.2) is 39.8 Å². The molecule has 32 heavy (non-hydrogen) atoms. The lowest BCUT2D eigenvalue weighted by atomic mass is 10.1. The van der Waals surface area contributed by atoms with Gasteiger partial charge in [-0.3, -0.25) is 14.4 Å². The van der Waals surface area contributed by atoms with Crippen molar-refractivity contribution in [3.63, 3.8) is 0 Å². The van der Waals surface area contributed by atoms with Crippen LogP contribution >= 0.6 is 0 Å². The summed E-state index contributed by atoms with van der Waals surface area (Å²) < 4.78 is 39.6. The molecule has 0 saturated carbocycles. The molecule has 1 N–H and O–H groups in total. The van der Waals surface area contributed by atoms with E-state index >= 15 is 0 Å². The summed E-state index contributed by atoms with van der Waals surface area (Å²) in [5.74, 6) is 0.879. The predicted octanol–water partition coefficient (Wildman–Crippen LogP) is 3.28. The van der Waals surface area contributed by atoms with Crippen molar-refractivity contribution in [2.24, 2.45) is 0 Å². The third kappa shape index (κ3) is 4.18. The highest BCUT2D eigenvalue weighted by molar-refractivity contribution is 7.92. The minimum Gasteiger partial charge on any atom is -0.482 e. The van der Waals surface area contributed by atoms with Gasteiger partial charge in [0.1, 0.15) is 5.75 Å². The first kappa shape index (κ1) is 21.8. The van der Waals surface area contributed by atoms with Crippen LogP contribution in [0.5, 0.6) is 5.75 Å². The zero-order valence-electron chi connectivity index (χ0n) is 18.3. The van der Waals surface area contributed by atoms with Crippen LogP contribution in [0.4, 0.5) is 11.4 Å². The summed E-state index contributed by atoms with van der Waals surface area (Å²) in [6.07, 6.45) is 0.576. The largest absolute Gasteiger partial charge is 0.482 e. The lowest BCUT2D eigenvalue weighted by Gasteiger charge is -2.28. The van der Waals surface area contributed by atoms with Gasteiger partial charge in [0.25, 0.3) is 15.9 Å². The van der Waals surface area contributed by atoms with Crippen molar-refractivity contribution in [3.05, 3.63) is 58.7 Å². The summed E-state index contributed by atoms with van der Waals surface area (Å²) in [5, 5.41) is 3.89. The predicted molar refractivity (Wildman–Crippen MR) is 118 cm³/mol. The number of carbonyl (C=O) groups excluding carboxylic acids is 1. The lowest BCUT2D eigenvalue weighted by Crippen LogP contribution is -2.38. The third-order valence-electron chi connectivity index (χ3n) is 5.21. The van der Waals surface area contributed by atoms with Gasteiger partial charge in [0.2, 0.25) is 5.89 Å². The van der Waals surface area contributed by atoms with Gasteiger partial charge >= 0.3 is 0 Å². The Morgan fingerprint density at radius 1 is 1.12 bits per heavy atom. The van der Waals surface area contributed by atoms with E-state index in [4.69, 9.17) is 9.26 Å². The van der Waals surface area contributed by atoms with Crippen molar-refractivity contribution in [1.82, 2.24) is 10.1 Å². The maximum Gasteiger partial charge on any atom is 0.265 e. The summed E-state index contributed by atoms with van der Waals surface area (Å²) >= 11 is 0. The van der Waals surface area contributed by atoms with Gasteiger partial charge in [0, 0.05) is 6.42 Å². The number of fused-ring (bicyclic) bond motifs is 1. The molecule has 4 rings (SSSR count). The van der Waals surface area contributed by atoms with Crippen LogP contribution in [0, 0.1) is 20.8 Å². The van der Waals surface area contributed by atoms with Gasteiger partial charge in [-0.15, -0.1) is 0 Å². The van der Waals surface area contributed by atoms with Crippen LogP contribution in [-0.2, 0) is 27.8 Å². The van der Waals surface area contributed by atoms with E-state index in [1.54, 1.807) is 6.07 Å². The van der Waals surface area contributed by atoms with Crippen molar-refractivity contribution < 1.29 is 22.5 Å². The Kier molecular flexibility index (Phi) is 5.64. The first-order valence-electron chi connectivity index (χ1n) is 10.2. The van der Waals surface area contributed by atoms with Crippen LogP contribution in [0.1, 0.15) is 35.3 Å². The van der Waals surface area contributed by atoms with Crippen molar-refractivity contribution in [3.8, 4) is 5.75 Å². The van der Waals surface area contributed by atoms with E-state index in [0.717, 1.165) is 16.7 Å². The maximum atomic E-state index is 13.2. The molecule has 0 spiro atoms. The summed E-state index contributed by atoms with van der Waals surface area (Å²) in [5.41, 5.74) is 3.58. The van der Waals surface area contributed by atoms with Crippen LogP contribution in [0.2, 0.25) is 0 Å². The Hall–Kier alpha value is -3.40. The minimum atomic E-state index is -3.91. The molecule has 9 nitrogen and oxygen atoms in total. The van der Waals surface area contributed by atoms with Gasteiger partial charge in [-0.05, 0) is 50.1 Å². The molecule has 2 aromatic carbocycles. The molecule has 0 atom stereocenters. The minimum absolute atomic E-state index is 0.0151. The van der Waals surface area contributed by atoms with Crippen molar-refractivity contribution >= 4 is 27.3 Å². The highest BCUT2D eigenvalue weighted by atomic mass is 32.2. The van der Waals surface area contributed by atoms with E-state index in [9.17, 15) is 13.2 Å². The summed E-state index contributed by atoms with van der Waals surface area (Å²) in [6.45, 7) is 7.45. The number of aryl methyl sites for hydroxylation is 4. The standard InChI is InChI=1S/C22H24N4O5S/c1-5-20-23-19(24-31-20)11-26-17-10-16(6-7-18(17)30-12-21(26)27)32(28,29)25-22-14(3)8-13(2)9-15(22)4/h6-10,25H,5,11-12H2,1-4H3. The fourth-order valence-electron chi connectivity index (χ4n) is 3.70. The molecule has 3 aromatic rings. The Morgan fingerprint density at radius 3 is 2.50 bits per heavy atom. The highest BCUT2D eigenvalue weighted by Gasteiger charge is 2.29. The topological polar surface area (TPSA) is 115 Å². The van der Waals surface area contributed by atoms with E-state index in [1.165, 1.54) is 17.0 Å². The second-order valence-corrected chi connectivity index (χ2v) is 9.42. The number of nitrogens with one attached hydrogen (secondary N) is 1. The molecule has 1 aromatic heterocycles. The van der Waals surface area contributed by atoms with Crippen LogP contribution in [0.25, 0.3) is 0 Å². The summed E-state index contributed by atoms with van der Waals surface area (Å²) in [4.78, 5) is 18.2. The smallest absolute Gasteiger partial charge is 0.265 e. The monoisotopic (exact) mass is 456 g/mol. The molecule has 0 bridgehead atoms. The van der Waals surface area contributed by atoms with Gasteiger partial charge in [0.15, 0.2) is 12.4 Å². The Morgan fingerprint density at radius 2 is 1.84 bits per heavy atom. The number of hydrogen-bond donors (Lipinski definition) is 1. The van der Waals surface area contributed by atoms with Gasteiger partial charge in [-0.1, -0.05) is 29.8 Å². The number of hydrogen-bond acceptors (Lipinski definition) is 7. The second kappa shape index (κ2) is 8.27. The number of carbonyl (C=O) groups is 1. The fraction of sp³-hybridized carbons (Fsp3) is 0.318. The summed E-state index contributed by atoms with van der Waals surface area (Å²) in [6, 6.07) is 8.26. The summed E-state index contributed by atoms with van der Waals surface area (Å²) in [7, 11) is -3.91.